The molecule has 0 saturated carbocycles. The average molecular weight is 868 g/mol. The van der Waals surface area contributed by atoms with Gasteiger partial charge in [0.15, 0.2) is 6.61 Å². The number of nitrogens with one attached hydrogen (secondary N) is 3. The maximum absolute atomic E-state index is 12.8. The SMILES string of the molecule is CC(C=CC1=C(C)C(=NOCC(=O)NCCOCCOCCOCCONC(=O)C(CC(C)C)NC(=O)C(O)C(N)Cc2ccccc2)CCC1(C)C)=CC=CC(C)=CC(=O)O. The Hall–Kier alpha value is -4.97. The normalized spacial score (nSPS) is 16.8. The lowest BCUT2D eigenvalue weighted by Crippen LogP contribution is -2.54. The van der Waals surface area contributed by atoms with Crippen LogP contribution >= 0.6 is 0 Å². The molecule has 0 spiro atoms. The van der Waals surface area contributed by atoms with Crippen LogP contribution in [0.4, 0.5) is 0 Å². The minimum absolute atomic E-state index is 0.0653. The summed E-state index contributed by atoms with van der Waals surface area (Å²) in [5, 5.41) is 29.0. The van der Waals surface area contributed by atoms with Crippen molar-refractivity contribution in [1.82, 2.24) is 16.1 Å². The number of carboxylic acids is 1. The number of benzene rings is 1. The molecule has 0 aromatic heterocycles. The third-order valence-electron chi connectivity index (χ3n) is 9.65. The van der Waals surface area contributed by atoms with Crippen molar-refractivity contribution < 1.29 is 53.3 Å². The summed E-state index contributed by atoms with van der Waals surface area (Å²) in [6.45, 7) is 15.8. The summed E-state index contributed by atoms with van der Waals surface area (Å²) < 4.78 is 16.5. The molecule has 0 aliphatic heterocycles. The lowest BCUT2D eigenvalue weighted by molar-refractivity contribution is -0.142. The summed E-state index contributed by atoms with van der Waals surface area (Å²) >= 11 is 0. The predicted molar refractivity (Wildman–Crippen MR) is 238 cm³/mol. The van der Waals surface area contributed by atoms with Crippen LogP contribution in [0.15, 0.2) is 94.2 Å². The van der Waals surface area contributed by atoms with Crippen molar-refractivity contribution in [3.05, 3.63) is 94.6 Å². The lowest BCUT2D eigenvalue weighted by Gasteiger charge is -2.33. The molecule has 1 aromatic rings. The van der Waals surface area contributed by atoms with E-state index in [0.29, 0.717) is 58.0 Å². The maximum atomic E-state index is 12.8. The first kappa shape index (κ1) is 53.2. The largest absolute Gasteiger partial charge is 0.478 e. The first-order valence-electron chi connectivity index (χ1n) is 21.0. The molecule has 0 radical (unpaired) electrons. The molecule has 0 heterocycles. The van der Waals surface area contributed by atoms with Gasteiger partial charge in [-0.15, -0.1) is 0 Å². The zero-order chi connectivity index (χ0) is 45.9. The van der Waals surface area contributed by atoms with E-state index in [-0.39, 0.29) is 37.1 Å². The van der Waals surface area contributed by atoms with Crippen LogP contribution in [-0.2, 0) is 49.5 Å². The first-order valence-corrected chi connectivity index (χ1v) is 21.0. The second-order valence-corrected chi connectivity index (χ2v) is 16.1. The quantitative estimate of drug-likeness (QED) is 0.0287. The smallest absolute Gasteiger partial charge is 0.328 e. The summed E-state index contributed by atoms with van der Waals surface area (Å²) in [4.78, 5) is 59.2. The molecule has 7 N–H and O–H groups in total. The molecule has 1 aliphatic carbocycles. The van der Waals surface area contributed by atoms with Crippen LogP contribution in [0.3, 0.4) is 0 Å². The zero-order valence-corrected chi connectivity index (χ0v) is 37.4. The van der Waals surface area contributed by atoms with E-state index in [9.17, 15) is 24.3 Å². The van der Waals surface area contributed by atoms with Gasteiger partial charge in [-0.25, -0.2) is 10.3 Å². The molecule has 3 atom stereocenters. The Balaban J connectivity index is 1.57. The number of aliphatic hydroxyl groups is 1. The van der Waals surface area contributed by atoms with Crippen molar-refractivity contribution in [2.75, 3.05) is 59.4 Å². The Labute approximate surface area is 366 Å². The van der Waals surface area contributed by atoms with Crippen LogP contribution in [0, 0.1) is 11.3 Å². The Morgan fingerprint density at radius 3 is 2.21 bits per heavy atom. The van der Waals surface area contributed by atoms with Gasteiger partial charge in [-0.2, -0.15) is 0 Å². The van der Waals surface area contributed by atoms with Crippen LogP contribution in [0.1, 0.15) is 73.3 Å². The number of hydroxylamine groups is 1. The Bertz CT molecular complexity index is 1750. The Kier molecular flexibility index (Phi) is 25.2. The number of amides is 3. The summed E-state index contributed by atoms with van der Waals surface area (Å²) in [6, 6.07) is 7.52. The molecule has 1 aliphatic rings. The molecule has 344 valence electrons. The monoisotopic (exact) mass is 867 g/mol. The number of carboxylic acid groups (broad SMARTS) is 1. The molecular formula is C46H69N5O11. The molecule has 0 fully saturated rings. The molecule has 3 amide bonds. The number of nitrogens with two attached hydrogens (primary N) is 1. The second-order valence-electron chi connectivity index (χ2n) is 16.1. The molecule has 0 saturated heterocycles. The number of allylic oxidation sites excluding steroid dienone is 9. The highest BCUT2D eigenvalue weighted by atomic mass is 16.7. The van der Waals surface area contributed by atoms with Gasteiger partial charge in [0.05, 0.1) is 52.0 Å². The number of hydrogen-bond donors (Lipinski definition) is 6. The Morgan fingerprint density at radius 2 is 1.56 bits per heavy atom. The van der Waals surface area contributed by atoms with Crippen molar-refractivity contribution >= 4 is 29.4 Å². The van der Waals surface area contributed by atoms with Crippen molar-refractivity contribution in [2.45, 2.75) is 92.3 Å². The topological polar surface area (TPSA) is 229 Å². The van der Waals surface area contributed by atoms with E-state index in [0.717, 1.165) is 46.9 Å². The average Bonchev–Trinajstić information content (AvgIpc) is 3.20. The second kappa shape index (κ2) is 29.4. The van der Waals surface area contributed by atoms with Gasteiger partial charge >= 0.3 is 5.97 Å². The minimum atomic E-state index is -1.49. The number of oxime groups is 1. The molecule has 62 heavy (non-hydrogen) atoms. The number of hydrogen-bond acceptors (Lipinski definition) is 12. The van der Waals surface area contributed by atoms with E-state index in [1.807, 2.05) is 76.3 Å². The first-order chi connectivity index (χ1) is 29.5. The highest BCUT2D eigenvalue weighted by molar-refractivity contribution is 6.01. The van der Waals surface area contributed by atoms with Crippen molar-refractivity contribution in [1.29, 1.82) is 0 Å². The highest BCUT2D eigenvalue weighted by Gasteiger charge is 2.31. The molecule has 16 nitrogen and oxygen atoms in total. The van der Waals surface area contributed by atoms with Crippen molar-refractivity contribution in [3.63, 3.8) is 0 Å². The fourth-order valence-corrected chi connectivity index (χ4v) is 6.22. The summed E-state index contributed by atoms with van der Waals surface area (Å²) in [5.41, 5.74) is 13.8. The maximum Gasteiger partial charge on any atom is 0.328 e. The molecule has 0 bridgehead atoms. The lowest BCUT2D eigenvalue weighted by atomic mass is 9.72. The number of carbonyl (C=O) groups excluding carboxylic acids is 3. The number of carbonyl (C=O) groups is 4. The molecule has 2 rings (SSSR count). The van der Waals surface area contributed by atoms with Crippen LogP contribution < -0.4 is 21.8 Å². The zero-order valence-electron chi connectivity index (χ0n) is 37.4. The van der Waals surface area contributed by atoms with Crippen LogP contribution in [-0.4, -0.2) is 117 Å². The number of aliphatic hydroxyl groups excluding tert-OH is 1. The highest BCUT2D eigenvalue weighted by Crippen LogP contribution is 2.40. The summed E-state index contributed by atoms with van der Waals surface area (Å²) in [6.07, 6.45) is 11.5. The van der Waals surface area contributed by atoms with E-state index in [1.54, 1.807) is 13.0 Å². The van der Waals surface area contributed by atoms with Crippen LogP contribution in [0.5, 0.6) is 0 Å². The minimum Gasteiger partial charge on any atom is -0.478 e. The molecule has 16 heteroatoms. The number of aliphatic carboxylic acids is 1. The summed E-state index contributed by atoms with van der Waals surface area (Å²) in [7, 11) is 0. The van der Waals surface area contributed by atoms with E-state index in [1.165, 1.54) is 0 Å². The Morgan fingerprint density at radius 1 is 0.919 bits per heavy atom. The van der Waals surface area contributed by atoms with Gasteiger partial charge in [-0.1, -0.05) is 99.1 Å². The van der Waals surface area contributed by atoms with Crippen molar-refractivity contribution in [3.8, 4) is 0 Å². The van der Waals surface area contributed by atoms with Gasteiger partial charge in [0.1, 0.15) is 12.1 Å². The standard InChI is InChI=1S/C46H69N5O11/c1-32(2)28-40(49-45(57)43(55)38(47)30-36-14-9-8-10-15-36)44(56)51-61-27-26-60-25-24-59-23-22-58-21-20-48-41(52)31-62-50-39-18-19-46(6,7)37(35(39)5)17-16-33(3)12-11-13-34(4)29-42(53)54/h8-17,29,32,38,40,43,55H,18-28,30-31,47H2,1-7H3,(H,48,52)(H,49,57)(H,51,56)(H,53,54). The predicted octanol–water partition coefficient (Wildman–Crippen LogP) is 4.26. The summed E-state index contributed by atoms with van der Waals surface area (Å²) in [5.74, 6) is -2.49. The van der Waals surface area contributed by atoms with E-state index >= 15 is 0 Å². The molecule has 3 unspecified atom stereocenters. The molecule has 1 aromatic carbocycles. The number of ether oxygens (including phenoxy) is 3. The fraction of sp³-hybridized carbons (Fsp3) is 0.543. The van der Waals surface area contributed by atoms with Gasteiger partial charge in [-0.05, 0) is 80.1 Å². The number of rotatable bonds is 29. The molecular weight excluding hydrogens is 799 g/mol. The van der Waals surface area contributed by atoms with E-state index in [2.05, 4.69) is 41.2 Å². The van der Waals surface area contributed by atoms with Gasteiger partial charge in [0, 0.05) is 18.7 Å². The third-order valence-corrected chi connectivity index (χ3v) is 9.65. The number of nitrogens with zero attached hydrogens (tertiary/aromatic N) is 1. The van der Waals surface area contributed by atoms with Crippen LogP contribution in [0.25, 0.3) is 0 Å². The third kappa shape index (κ3) is 22.2. The van der Waals surface area contributed by atoms with Gasteiger partial charge in [-0.3, -0.25) is 19.2 Å². The van der Waals surface area contributed by atoms with Crippen molar-refractivity contribution in [2.24, 2.45) is 22.2 Å². The van der Waals surface area contributed by atoms with Gasteiger partial charge in [0.25, 0.3) is 17.7 Å². The van der Waals surface area contributed by atoms with E-state index < -0.39 is 36.0 Å². The van der Waals surface area contributed by atoms with Crippen LogP contribution in [0.2, 0.25) is 0 Å². The van der Waals surface area contributed by atoms with Gasteiger partial charge in [0.2, 0.25) is 0 Å². The van der Waals surface area contributed by atoms with E-state index in [4.69, 9.17) is 34.7 Å². The fourth-order valence-electron chi connectivity index (χ4n) is 6.22. The van der Waals surface area contributed by atoms with Gasteiger partial charge < -0.3 is 45.6 Å².